The van der Waals surface area contributed by atoms with E-state index in [9.17, 15) is 19.8 Å². The highest BCUT2D eigenvalue weighted by molar-refractivity contribution is 5.82. The molecule has 4 rings (SSSR count). The molecule has 3 N–H and O–H groups in total. The Bertz CT molecular complexity index is 1060. The SMILES string of the molecule is C[C@@H](c1ccc(O)cc1)C(NC(=O)OCC1c2ccccc2-c2ccccc21)C(=O)O. The topological polar surface area (TPSA) is 95.9 Å². The number of aromatic hydroxyl groups is 1. The number of rotatable bonds is 6. The number of carboxylic acids is 1. The third-order valence-corrected chi connectivity index (χ3v) is 5.80. The number of alkyl carbamates (subject to hydrolysis) is 1. The number of hydrogen-bond donors (Lipinski definition) is 3. The van der Waals surface area contributed by atoms with Crippen LogP contribution < -0.4 is 5.32 Å². The number of nitrogens with one attached hydrogen (secondary N) is 1. The van der Waals surface area contributed by atoms with Gasteiger partial charge in [-0.15, -0.1) is 0 Å². The second kappa shape index (κ2) is 8.52. The van der Waals surface area contributed by atoms with Crippen molar-refractivity contribution in [1.29, 1.82) is 0 Å². The van der Waals surface area contributed by atoms with E-state index in [1.54, 1.807) is 19.1 Å². The Balaban J connectivity index is 1.46. The fourth-order valence-electron chi connectivity index (χ4n) is 4.14. The first-order valence-corrected chi connectivity index (χ1v) is 10.1. The number of phenolic OH excluding ortho intramolecular Hbond substituents is 1. The quantitative estimate of drug-likeness (QED) is 0.549. The van der Waals surface area contributed by atoms with Gasteiger partial charge in [-0.1, -0.05) is 67.6 Å². The van der Waals surface area contributed by atoms with Crippen molar-refractivity contribution >= 4 is 12.1 Å². The highest BCUT2D eigenvalue weighted by Crippen LogP contribution is 2.44. The van der Waals surface area contributed by atoms with Crippen molar-refractivity contribution in [1.82, 2.24) is 5.32 Å². The molecule has 6 nitrogen and oxygen atoms in total. The summed E-state index contributed by atoms with van der Waals surface area (Å²) in [4.78, 5) is 24.3. The van der Waals surface area contributed by atoms with E-state index >= 15 is 0 Å². The van der Waals surface area contributed by atoms with Crippen LogP contribution in [0.1, 0.15) is 35.4 Å². The lowest BCUT2D eigenvalue weighted by molar-refractivity contribution is -0.139. The van der Waals surface area contributed by atoms with E-state index in [0.29, 0.717) is 5.56 Å². The number of fused-ring (bicyclic) bond motifs is 3. The van der Waals surface area contributed by atoms with Gasteiger partial charge in [-0.25, -0.2) is 9.59 Å². The number of benzene rings is 3. The Morgan fingerprint density at radius 3 is 2.03 bits per heavy atom. The minimum Gasteiger partial charge on any atom is -0.508 e. The van der Waals surface area contributed by atoms with E-state index in [2.05, 4.69) is 5.32 Å². The van der Waals surface area contributed by atoms with Crippen molar-refractivity contribution < 1.29 is 24.5 Å². The Morgan fingerprint density at radius 2 is 1.48 bits per heavy atom. The zero-order chi connectivity index (χ0) is 22.0. The lowest BCUT2D eigenvalue weighted by atomic mass is 9.93. The van der Waals surface area contributed by atoms with Crippen LogP contribution in [0, 0.1) is 0 Å². The summed E-state index contributed by atoms with van der Waals surface area (Å²) < 4.78 is 5.47. The van der Waals surface area contributed by atoms with Gasteiger partial charge in [-0.05, 0) is 39.9 Å². The van der Waals surface area contributed by atoms with Crippen molar-refractivity contribution in [3.63, 3.8) is 0 Å². The Labute approximate surface area is 180 Å². The molecule has 1 unspecified atom stereocenters. The van der Waals surface area contributed by atoms with E-state index in [1.807, 2.05) is 48.5 Å². The van der Waals surface area contributed by atoms with Gasteiger partial charge in [0, 0.05) is 11.8 Å². The third kappa shape index (κ3) is 4.10. The standard InChI is InChI=1S/C25H23NO5/c1-15(16-10-12-17(27)13-11-16)23(24(28)29)26-25(30)31-14-22-20-8-4-2-6-18(20)19-7-3-5-9-21(19)22/h2-13,15,22-23,27H,14H2,1H3,(H,26,30)(H,28,29)/t15-,23?/m0/s1. The second-order valence-corrected chi connectivity index (χ2v) is 7.67. The van der Waals surface area contributed by atoms with Gasteiger partial charge in [0.25, 0.3) is 0 Å². The predicted molar refractivity (Wildman–Crippen MR) is 116 cm³/mol. The van der Waals surface area contributed by atoms with Crippen LogP contribution in [-0.4, -0.2) is 34.9 Å². The van der Waals surface area contributed by atoms with E-state index in [-0.39, 0.29) is 18.3 Å². The summed E-state index contributed by atoms with van der Waals surface area (Å²) in [5.41, 5.74) is 5.10. The van der Waals surface area contributed by atoms with Crippen LogP contribution in [-0.2, 0) is 9.53 Å². The van der Waals surface area contributed by atoms with Crippen LogP contribution in [0.5, 0.6) is 5.75 Å². The lowest BCUT2D eigenvalue weighted by Gasteiger charge is -2.22. The van der Waals surface area contributed by atoms with E-state index in [4.69, 9.17) is 4.74 Å². The van der Waals surface area contributed by atoms with Gasteiger partial charge < -0.3 is 20.3 Å². The molecule has 31 heavy (non-hydrogen) atoms. The van der Waals surface area contributed by atoms with Crippen LogP contribution in [0.3, 0.4) is 0 Å². The summed E-state index contributed by atoms with van der Waals surface area (Å²) in [6.07, 6.45) is -0.778. The lowest BCUT2D eigenvalue weighted by Crippen LogP contribution is -2.44. The maximum atomic E-state index is 12.5. The fraction of sp³-hybridized carbons (Fsp3) is 0.200. The van der Waals surface area contributed by atoms with Crippen LogP contribution in [0.25, 0.3) is 11.1 Å². The summed E-state index contributed by atoms with van der Waals surface area (Å²) in [5, 5.41) is 21.5. The molecule has 0 fully saturated rings. The van der Waals surface area contributed by atoms with E-state index < -0.39 is 24.0 Å². The first-order valence-electron chi connectivity index (χ1n) is 10.1. The molecular formula is C25H23NO5. The minimum absolute atomic E-state index is 0.0901. The largest absolute Gasteiger partial charge is 0.508 e. The first kappa shape index (κ1) is 20.5. The number of aliphatic carboxylic acids is 1. The molecule has 0 bridgehead atoms. The number of ether oxygens (including phenoxy) is 1. The van der Waals surface area contributed by atoms with Crippen LogP contribution >= 0.6 is 0 Å². The van der Waals surface area contributed by atoms with Gasteiger partial charge in [0.1, 0.15) is 18.4 Å². The van der Waals surface area contributed by atoms with Gasteiger partial charge in [0.2, 0.25) is 0 Å². The smallest absolute Gasteiger partial charge is 0.407 e. The Hall–Kier alpha value is -3.80. The molecule has 0 spiro atoms. The van der Waals surface area contributed by atoms with Crippen molar-refractivity contribution in [2.45, 2.75) is 24.8 Å². The number of amides is 1. The third-order valence-electron chi connectivity index (χ3n) is 5.80. The second-order valence-electron chi connectivity index (χ2n) is 7.67. The van der Waals surface area contributed by atoms with Gasteiger partial charge in [0.05, 0.1) is 0 Å². The van der Waals surface area contributed by atoms with Gasteiger partial charge in [-0.2, -0.15) is 0 Å². The molecular weight excluding hydrogens is 394 g/mol. The summed E-state index contributed by atoms with van der Waals surface area (Å²) in [7, 11) is 0. The molecule has 0 saturated carbocycles. The Morgan fingerprint density at radius 1 is 0.935 bits per heavy atom. The van der Waals surface area contributed by atoms with E-state index in [1.165, 1.54) is 12.1 Å². The zero-order valence-corrected chi connectivity index (χ0v) is 17.0. The summed E-state index contributed by atoms with van der Waals surface area (Å²) in [6.45, 7) is 1.81. The van der Waals surface area contributed by atoms with Gasteiger partial charge in [-0.3, -0.25) is 0 Å². The molecule has 0 radical (unpaired) electrons. The molecule has 0 aliphatic heterocycles. The van der Waals surface area contributed by atoms with E-state index in [0.717, 1.165) is 22.3 Å². The molecule has 6 heteroatoms. The molecule has 1 aliphatic carbocycles. The summed E-state index contributed by atoms with van der Waals surface area (Å²) in [5.74, 6) is -1.68. The molecule has 0 saturated heterocycles. The van der Waals surface area contributed by atoms with Gasteiger partial charge >= 0.3 is 12.1 Å². The number of carbonyl (C=O) groups is 2. The van der Waals surface area contributed by atoms with Crippen LogP contribution in [0.2, 0.25) is 0 Å². The molecule has 0 heterocycles. The van der Waals surface area contributed by atoms with Crippen molar-refractivity contribution in [2.75, 3.05) is 6.61 Å². The van der Waals surface area contributed by atoms with Crippen molar-refractivity contribution in [3.05, 3.63) is 89.5 Å². The maximum absolute atomic E-state index is 12.5. The summed E-state index contributed by atoms with van der Waals surface area (Å²) >= 11 is 0. The van der Waals surface area contributed by atoms with Crippen molar-refractivity contribution in [3.8, 4) is 16.9 Å². The Kier molecular flexibility index (Phi) is 5.62. The fourth-order valence-corrected chi connectivity index (χ4v) is 4.14. The minimum atomic E-state index is -1.17. The molecule has 3 aromatic rings. The number of carboxylic acid groups (broad SMARTS) is 1. The summed E-state index contributed by atoms with van der Waals surface area (Å²) in [6, 6.07) is 21.1. The van der Waals surface area contributed by atoms with Gasteiger partial charge in [0.15, 0.2) is 0 Å². The molecule has 0 aromatic heterocycles. The number of carbonyl (C=O) groups excluding carboxylic acids is 1. The zero-order valence-electron chi connectivity index (χ0n) is 17.0. The normalized spacial score (nSPS) is 14.2. The molecule has 158 valence electrons. The molecule has 1 aliphatic rings. The highest BCUT2D eigenvalue weighted by Gasteiger charge is 2.31. The first-order chi connectivity index (χ1) is 15.0. The maximum Gasteiger partial charge on any atom is 0.407 e. The number of phenols is 1. The molecule has 3 aromatic carbocycles. The van der Waals surface area contributed by atoms with Crippen LogP contribution in [0.4, 0.5) is 4.79 Å². The average Bonchev–Trinajstić information content (AvgIpc) is 3.10. The highest BCUT2D eigenvalue weighted by atomic mass is 16.5. The average molecular weight is 417 g/mol. The number of hydrogen-bond acceptors (Lipinski definition) is 4. The molecule has 1 amide bonds. The molecule has 2 atom stereocenters. The monoisotopic (exact) mass is 417 g/mol. The van der Waals surface area contributed by atoms with Crippen LogP contribution in [0.15, 0.2) is 72.8 Å². The van der Waals surface area contributed by atoms with Crippen molar-refractivity contribution in [2.24, 2.45) is 0 Å². The predicted octanol–water partition coefficient (Wildman–Crippen LogP) is 4.49.